The molecule has 1 saturated heterocycles. The first-order chi connectivity index (χ1) is 28.9. The number of anilines is 1. The number of allylic oxidation sites excluding steroid dienone is 1. The van der Waals surface area contributed by atoms with Gasteiger partial charge in [-0.2, -0.15) is 0 Å². The van der Waals surface area contributed by atoms with E-state index in [9.17, 15) is 4.79 Å². The van der Waals surface area contributed by atoms with Crippen molar-refractivity contribution in [1.29, 1.82) is 0 Å². The second-order valence-corrected chi connectivity index (χ2v) is 17.1. The Balaban J connectivity index is 0.811. The number of hydrogen-bond acceptors (Lipinski definition) is 3. The number of para-hydroxylation sites is 1. The maximum Gasteiger partial charge on any atom is 0.411 e. The van der Waals surface area contributed by atoms with Gasteiger partial charge in [0.2, 0.25) is 0 Å². The molecule has 1 N–H and O–H groups in total. The van der Waals surface area contributed by atoms with Gasteiger partial charge in [-0.1, -0.05) is 166 Å². The van der Waals surface area contributed by atoms with Crippen LogP contribution in [0.3, 0.4) is 0 Å². The van der Waals surface area contributed by atoms with E-state index in [0.717, 1.165) is 66.6 Å². The molecule has 1 aliphatic rings. The number of benzene rings is 5. The van der Waals surface area contributed by atoms with Crippen LogP contribution in [0, 0.1) is 0 Å². The maximum absolute atomic E-state index is 12.8. The molecular weight excluding hydrogens is 723 g/mol. The molecule has 5 aromatic rings. The molecule has 5 aromatic carbocycles. The van der Waals surface area contributed by atoms with Gasteiger partial charge >= 0.3 is 6.09 Å². The first-order valence-electron chi connectivity index (χ1n) is 22.5. The van der Waals surface area contributed by atoms with Crippen LogP contribution in [-0.4, -0.2) is 68.4 Å². The molecule has 0 saturated carbocycles. The van der Waals surface area contributed by atoms with Crippen molar-refractivity contribution in [2.75, 3.05) is 52.1 Å². The monoisotopic (exact) mass is 791 g/mol. The lowest BCUT2D eigenvalue weighted by Crippen LogP contribution is -2.41. The van der Waals surface area contributed by atoms with E-state index in [2.05, 4.69) is 128 Å². The normalized spacial score (nSPS) is 14.2. The van der Waals surface area contributed by atoms with Crippen molar-refractivity contribution in [1.82, 2.24) is 4.90 Å². The summed E-state index contributed by atoms with van der Waals surface area (Å²) in [5, 5.41) is 2.99. The number of rotatable bonds is 21. The Hall–Kier alpha value is -4.97. The van der Waals surface area contributed by atoms with Crippen molar-refractivity contribution in [3.63, 3.8) is 0 Å². The number of aryl methyl sites for hydroxylation is 1. The average molecular weight is 791 g/mol. The minimum atomic E-state index is -0.358. The molecule has 0 radical (unpaired) electrons. The lowest BCUT2D eigenvalue weighted by atomic mass is 9.88. The highest BCUT2D eigenvalue weighted by molar-refractivity contribution is 5.98. The zero-order valence-electron chi connectivity index (χ0n) is 36.1. The van der Waals surface area contributed by atoms with Crippen LogP contribution in [0.25, 0.3) is 22.3 Å². The zero-order chi connectivity index (χ0) is 41.1. The van der Waals surface area contributed by atoms with Crippen LogP contribution in [0.2, 0.25) is 0 Å². The van der Waals surface area contributed by atoms with Gasteiger partial charge in [0.15, 0.2) is 0 Å². The predicted molar refractivity (Wildman–Crippen MR) is 249 cm³/mol. The molecule has 0 unspecified atom stereocenters. The van der Waals surface area contributed by atoms with Crippen LogP contribution >= 0.6 is 0 Å². The number of unbranched alkanes of at least 4 members (excludes halogenated alkanes) is 6. The number of carbonyl (C=O) groups excluding carboxylic acids is 1. The molecule has 1 amide bonds. The van der Waals surface area contributed by atoms with E-state index in [1.54, 1.807) is 0 Å². The Morgan fingerprint density at radius 2 is 1.17 bits per heavy atom. The Bertz CT molecular complexity index is 2000. The molecular formula is C54H68N3O2+. The summed E-state index contributed by atoms with van der Waals surface area (Å²) in [7, 11) is 4.82. The molecule has 5 nitrogen and oxygen atoms in total. The molecule has 59 heavy (non-hydrogen) atoms. The maximum atomic E-state index is 12.8. The lowest BCUT2D eigenvalue weighted by Gasteiger charge is -2.31. The van der Waals surface area contributed by atoms with Crippen LogP contribution < -0.4 is 5.32 Å². The summed E-state index contributed by atoms with van der Waals surface area (Å²) in [6.07, 6.45) is 14.0. The van der Waals surface area contributed by atoms with Gasteiger partial charge in [0.25, 0.3) is 0 Å². The highest BCUT2D eigenvalue weighted by Gasteiger charge is 2.23. The van der Waals surface area contributed by atoms with E-state index in [1.165, 1.54) is 97.9 Å². The number of ether oxygens (including phenoxy) is 1. The summed E-state index contributed by atoms with van der Waals surface area (Å²) in [4.78, 5) is 15.3. The molecule has 310 valence electrons. The van der Waals surface area contributed by atoms with Crippen LogP contribution in [0.15, 0.2) is 140 Å². The van der Waals surface area contributed by atoms with Crippen LogP contribution in [0.5, 0.6) is 0 Å². The number of likely N-dealkylation sites (tertiary alicyclic amines) is 1. The number of nitrogens with one attached hydrogen (secondary N) is 1. The smallest absolute Gasteiger partial charge is 0.411 e. The molecule has 6 rings (SSSR count). The van der Waals surface area contributed by atoms with Gasteiger partial charge in [0.05, 0.1) is 32.9 Å². The Labute approximate surface area is 355 Å². The summed E-state index contributed by atoms with van der Waals surface area (Å²) in [6, 6.07) is 49.2. The van der Waals surface area contributed by atoms with Crippen molar-refractivity contribution in [2.45, 2.75) is 90.1 Å². The Morgan fingerprint density at radius 1 is 0.627 bits per heavy atom. The van der Waals surface area contributed by atoms with E-state index < -0.39 is 0 Å². The van der Waals surface area contributed by atoms with Crippen molar-refractivity contribution >= 4 is 22.9 Å². The SMILES string of the molecule is CC/C(=C(\c1ccccc1)c1ccc(CCC[N+](C)(C)CCCCCCCCCN2CCC(OC(=O)Nc3ccccc3-c3ccccc3)CC2)cc1)c1ccccc1. The average Bonchev–Trinajstić information content (AvgIpc) is 3.27. The molecule has 5 heteroatoms. The second-order valence-electron chi connectivity index (χ2n) is 17.1. The van der Waals surface area contributed by atoms with Crippen molar-refractivity contribution in [2.24, 2.45) is 0 Å². The molecule has 0 bridgehead atoms. The summed E-state index contributed by atoms with van der Waals surface area (Å²) in [5.74, 6) is 0. The zero-order valence-corrected chi connectivity index (χ0v) is 36.1. The highest BCUT2D eigenvalue weighted by atomic mass is 16.6. The Morgan fingerprint density at radius 3 is 1.83 bits per heavy atom. The van der Waals surface area contributed by atoms with Crippen molar-refractivity contribution < 1.29 is 14.0 Å². The number of carbonyl (C=O) groups is 1. The molecule has 1 aliphatic heterocycles. The largest absolute Gasteiger partial charge is 0.446 e. The van der Waals surface area contributed by atoms with Crippen molar-refractivity contribution in [3.8, 4) is 11.1 Å². The molecule has 1 heterocycles. The summed E-state index contributed by atoms with van der Waals surface area (Å²) < 4.78 is 6.95. The van der Waals surface area contributed by atoms with E-state index in [0.29, 0.717) is 0 Å². The van der Waals surface area contributed by atoms with Crippen LogP contribution in [0.1, 0.15) is 99.8 Å². The van der Waals surface area contributed by atoms with E-state index >= 15 is 0 Å². The van der Waals surface area contributed by atoms with Crippen molar-refractivity contribution in [3.05, 3.63) is 162 Å². The minimum Gasteiger partial charge on any atom is -0.446 e. The first-order valence-corrected chi connectivity index (χ1v) is 22.5. The number of hydrogen-bond donors (Lipinski definition) is 1. The molecule has 0 spiro atoms. The fourth-order valence-electron chi connectivity index (χ4n) is 8.71. The minimum absolute atomic E-state index is 0.0204. The molecule has 0 aliphatic carbocycles. The van der Waals surface area contributed by atoms with E-state index in [4.69, 9.17) is 4.74 Å². The van der Waals surface area contributed by atoms with Gasteiger partial charge in [-0.25, -0.2) is 4.79 Å². The van der Waals surface area contributed by atoms with Crippen LogP contribution in [-0.2, 0) is 11.2 Å². The molecule has 0 aromatic heterocycles. The van der Waals surface area contributed by atoms with Gasteiger partial charge < -0.3 is 14.1 Å². The fourth-order valence-corrected chi connectivity index (χ4v) is 8.71. The topological polar surface area (TPSA) is 41.6 Å². The summed E-state index contributed by atoms with van der Waals surface area (Å²) >= 11 is 0. The third-order valence-electron chi connectivity index (χ3n) is 12.1. The fraction of sp³-hybridized carbons (Fsp3) is 0.389. The number of amides is 1. The highest BCUT2D eigenvalue weighted by Crippen LogP contribution is 2.34. The quantitative estimate of drug-likeness (QED) is 0.0457. The summed E-state index contributed by atoms with van der Waals surface area (Å²) in [6.45, 7) is 7.89. The van der Waals surface area contributed by atoms with Gasteiger partial charge in [0.1, 0.15) is 6.10 Å². The first kappa shape index (κ1) is 43.6. The third-order valence-corrected chi connectivity index (χ3v) is 12.1. The number of piperidine rings is 1. The van der Waals surface area contributed by atoms with E-state index in [1.807, 2.05) is 42.5 Å². The van der Waals surface area contributed by atoms with Gasteiger partial charge in [0, 0.05) is 25.1 Å². The molecule has 0 atom stereocenters. The van der Waals surface area contributed by atoms with Crippen LogP contribution in [0.4, 0.5) is 10.5 Å². The number of nitrogens with zero attached hydrogens (tertiary/aromatic N) is 2. The Kier molecular flexibility index (Phi) is 17.0. The van der Waals surface area contributed by atoms with Gasteiger partial charge in [-0.05, 0) is 96.5 Å². The van der Waals surface area contributed by atoms with Gasteiger partial charge in [-0.15, -0.1) is 0 Å². The van der Waals surface area contributed by atoms with E-state index in [-0.39, 0.29) is 12.2 Å². The standard InChI is InChI=1S/C54H67N3O2/c1-4-50(45-25-13-10-14-26-45)53(47-29-17-12-18-30-47)48-35-33-44(34-36-48)24-23-43-57(2,3)42-22-9-7-5-6-8-21-39-56-40-37-49(38-41-56)59-54(58)55-52-32-20-19-31-51(52)46-27-15-11-16-28-46/h10-20,25-36,49H,4-9,21-24,37-43H2,1-3H3/p+1/b53-50-. The second kappa shape index (κ2) is 23.0. The molecule has 1 fully saturated rings. The third kappa shape index (κ3) is 13.8. The van der Waals surface area contributed by atoms with Gasteiger partial charge in [-0.3, -0.25) is 5.32 Å². The predicted octanol–water partition coefficient (Wildman–Crippen LogP) is 13.2. The number of quaternary nitrogens is 1. The lowest BCUT2D eigenvalue weighted by molar-refractivity contribution is -0.890. The summed E-state index contributed by atoms with van der Waals surface area (Å²) in [5.41, 5.74) is 10.9.